The molecule has 0 heteroatoms. The highest BCUT2D eigenvalue weighted by Gasteiger charge is 2.32. The second-order valence-corrected chi connectivity index (χ2v) is 20.7. The molecular weight excluding hydrogens is 925 g/mol. The zero-order chi connectivity index (χ0) is 55.7. The Morgan fingerprint density at radius 3 is 1.62 bits per heavy atom. The van der Waals surface area contributed by atoms with Crippen LogP contribution in [0.15, 0.2) is 217 Å². The first-order valence-corrected chi connectivity index (χ1v) is 29.4. The van der Waals surface area contributed by atoms with Gasteiger partial charge in [0.15, 0.2) is 0 Å². The molecule has 6 aromatic carbocycles. The van der Waals surface area contributed by atoms with E-state index >= 15 is 0 Å². The lowest BCUT2D eigenvalue weighted by Crippen LogP contribution is -2.08. The van der Waals surface area contributed by atoms with Crippen molar-refractivity contribution in [3.05, 3.63) is 273 Å². The average molecular weight is 1020 g/mol. The summed E-state index contributed by atoms with van der Waals surface area (Å²) in [5.74, 6) is 0.840. The van der Waals surface area contributed by atoms with E-state index in [2.05, 4.69) is 238 Å². The van der Waals surface area contributed by atoms with E-state index in [1.807, 2.05) is 33.8 Å². The fourth-order valence-corrected chi connectivity index (χ4v) is 10.5. The molecule has 0 atom stereocenters. The van der Waals surface area contributed by atoms with Gasteiger partial charge >= 0.3 is 0 Å². The molecule has 10 rings (SSSR count). The third-order valence-corrected chi connectivity index (χ3v) is 14.9. The smallest absolute Gasteiger partial charge is 0.00107 e. The van der Waals surface area contributed by atoms with Gasteiger partial charge in [0.25, 0.3) is 0 Å². The molecule has 6 aromatic rings. The van der Waals surface area contributed by atoms with E-state index in [1.54, 1.807) is 22.3 Å². The molecule has 1 saturated carbocycles. The van der Waals surface area contributed by atoms with Crippen LogP contribution in [0.25, 0.3) is 33.4 Å². The van der Waals surface area contributed by atoms with Gasteiger partial charge in [0.2, 0.25) is 0 Å². The van der Waals surface area contributed by atoms with Crippen LogP contribution in [0, 0.1) is 40.5 Å². The van der Waals surface area contributed by atoms with Crippen molar-refractivity contribution in [2.75, 3.05) is 0 Å². The predicted molar refractivity (Wildman–Crippen MR) is 344 cm³/mol. The van der Waals surface area contributed by atoms with Crippen LogP contribution in [0.5, 0.6) is 0 Å². The molecule has 0 radical (unpaired) electrons. The highest BCUT2D eigenvalue weighted by Crippen LogP contribution is 2.50. The summed E-state index contributed by atoms with van der Waals surface area (Å²) in [4.78, 5) is 0. The van der Waals surface area contributed by atoms with Crippen LogP contribution in [-0.4, -0.2) is 0 Å². The van der Waals surface area contributed by atoms with Gasteiger partial charge in [-0.1, -0.05) is 270 Å². The zero-order valence-electron chi connectivity index (χ0n) is 49.7. The summed E-state index contributed by atoms with van der Waals surface area (Å²) < 4.78 is 0. The molecule has 0 nitrogen and oxygen atoms in total. The topological polar surface area (TPSA) is 0 Å². The van der Waals surface area contributed by atoms with Crippen molar-refractivity contribution >= 4 is 22.3 Å². The van der Waals surface area contributed by atoms with E-state index in [4.69, 9.17) is 0 Å². The van der Waals surface area contributed by atoms with Crippen LogP contribution >= 0.6 is 0 Å². The summed E-state index contributed by atoms with van der Waals surface area (Å²) in [5.41, 5.74) is 29.7. The molecule has 0 aromatic heterocycles. The van der Waals surface area contributed by atoms with Crippen LogP contribution in [0.4, 0.5) is 0 Å². The fourth-order valence-electron chi connectivity index (χ4n) is 10.5. The summed E-state index contributed by atoms with van der Waals surface area (Å²) in [5, 5.41) is 0. The van der Waals surface area contributed by atoms with E-state index in [0.717, 1.165) is 44.4 Å². The van der Waals surface area contributed by atoms with Crippen LogP contribution in [0.3, 0.4) is 0 Å². The molecule has 4 aliphatic rings. The highest BCUT2D eigenvalue weighted by molar-refractivity contribution is 5.95. The summed E-state index contributed by atoms with van der Waals surface area (Å²) in [6, 6.07) is 52.6. The van der Waals surface area contributed by atoms with Gasteiger partial charge in [-0.3, -0.25) is 0 Å². The second kappa shape index (κ2) is 32.1. The van der Waals surface area contributed by atoms with E-state index in [0.29, 0.717) is 0 Å². The maximum Gasteiger partial charge on any atom is -0.00107 e. The number of benzene rings is 6. The first-order chi connectivity index (χ1) is 37.5. The molecule has 1 fully saturated rings. The third-order valence-electron chi connectivity index (χ3n) is 14.9. The molecule has 4 aliphatic carbocycles. The van der Waals surface area contributed by atoms with Crippen molar-refractivity contribution in [3.63, 3.8) is 0 Å². The van der Waals surface area contributed by atoms with Crippen LogP contribution in [0.2, 0.25) is 0 Å². The molecule has 0 bridgehead atoms. The average Bonchev–Trinajstić information content (AvgIpc) is 4.34. The quantitative estimate of drug-likeness (QED) is 0.0799. The number of rotatable bonds is 13. The number of fused-ring (bicyclic) bond motifs is 2. The Bertz CT molecular complexity index is 2950. The number of allylic oxidation sites excluding steroid dienone is 14. The normalized spacial score (nSPS) is 14.4. The van der Waals surface area contributed by atoms with Gasteiger partial charge in [-0.2, -0.15) is 0 Å². The number of hydrogen-bond acceptors (Lipinski definition) is 0. The van der Waals surface area contributed by atoms with Gasteiger partial charge in [-0.05, 0) is 202 Å². The maximum absolute atomic E-state index is 4.45. The molecule has 0 saturated heterocycles. The molecule has 0 amide bonds. The Morgan fingerprint density at radius 1 is 0.558 bits per heavy atom. The molecule has 402 valence electrons. The second-order valence-electron chi connectivity index (χ2n) is 20.7. The fraction of sp³-hybridized carbons (Fsp3) is 0.325. The van der Waals surface area contributed by atoms with Crippen molar-refractivity contribution in [3.8, 4) is 11.1 Å². The standard InChI is InChI=1S/C25H32.C20H18.C14H14.C14H18.2C2H6/c1-5-6-7-8-11-18(2)22-16-17-24(21-14-15-21)25(20(22)4)23-13-10-9-12-19(23)3;1-14-9-11-15(12-10-14)17-7-4-8-19-18-6-3-2-5-16(18)13-20(17)19;1-11-3-7-13(8-4-11)14-9-5-12(2)6-10-14;1-4-6-7-13(5-2)14-10-8-12(3)9-11-14;2*1-2/h6-7,9-10,12-13,21H,2,5,8,11,14-17H2,1,3-4H3;2-3,5-7,9-12H,4,8,13H2,1H3;3-10H,1-2H3;5,7-11H,2,4,6H2,1,3H3;2*1-2H3/b7-6-;;;13-7+;;. The summed E-state index contributed by atoms with van der Waals surface area (Å²) in [7, 11) is 0. The molecule has 77 heavy (non-hydrogen) atoms. The number of aryl methyl sites for hydroxylation is 5. The van der Waals surface area contributed by atoms with E-state index in [-0.39, 0.29) is 0 Å². The van der Waals surface area contributed by atoms with Gasteiger partial charge in [-0.15, -0.1) is 0 Å². The molecule has 0 aliphatic heterocycles. The Labute approximate surface area is 469 Å². The Morgan fingerprint density at radius 2 is 1.09 bits per heavy atom. The van der Waals surface area contributed by atoms with Crippen molar-refractivity contribution < 1.29 is 0 Å². The molecule has 0 spiro atoms. The lowest BCUT2D eigenvalue weighted by Gasteiger charge is -2.27. The minimum Gasteiger partial charge on any atom is -0.0985 e. The number of hydrogen-bond donors (Lipinski definition) is 0. The van der Waals surface area contributed by atoms with Crippen LogP contribution in [0.1, 0.15) is 175 Å². The van der Waals surface area contributed by atoms with Crippen LogP contribution in [-0.2, 0) is 6.42 Å². The van der Waals surface area contributed by atoms with Crippen LogP contribution < -0.4 is 0 Å². The summed E-state index contributed by atoms with van der Waals surface area (Å²) >= 11 is 0. The maximum atomic E-state index is 4.45. The predicted octanol–water partition coefficient (Wildman–Crippen LogP) is 23.1. The summed E-state index contributed by atoms with van der Waals surface area (Å²) in [6.45, 7) is 33.7. The minimum atomic E-state index is 0.840. The van der Waals surface area contributed by atoms with Gasteiger partial charge in [0.05, 0.1) is 0 Å². The van der Waals surface area contributed by atoms with Crippen molar-refractivity contribution in [2.24, 2.45) is 5.92 Å². The Hall–Kier alpha value is -6.76. The monoisotopic (exact) mass is 1020 g/mol. The van der Waals surface area contributed by atoms with Gasteiger partial charge in [0.1, 0.15) is 0 Å². The zero-order valence-corrected chi connectivity index (χ0v) is 49.7. The first kappa shape index (κ1) is 61.1. The SMILES string of the molecule is C=C(CC/C=C\CC)C1=C(C)C(c2ccccc2C)=C(C2CC2)CC1.C=C/C(=C\CCC)c1ccc(C)cc1.CC.CC.Cc1ccc(-c2ccc(C)cc2)cc1.Cc1ccc(C2=CCCC3=C2Cc2ccccc23)cc1. The largest absolute Gasteiger partial charge is 0.0985 e. The molecule has 0 heterocycles. The molecule has 0 unspecified atom stereocenters. The van der Waals surface area contributed by atoms with Gasteiger partial charge in [-0.25, -0.2) is 0 Å². The van der Waals surface area contributed by atoms with Gasteiger partial charge in [0, 0.05) is 0 Å². The van der Waals surface area contributed by atoms with Gasteiger partial charge < -0.3 is 0 Å². The third kappa shape index (κ3) is 17.6. The van der Waals surface area contributed by atoms with E-state index in [9.17, 15) is 0 Å². The molecule has 0 N–H and O–H groups in total. The lowest BCUT2D eigenvalue weighted by molar-refractivity contribution is 0.808. The summed E-state index contributed by atoms with van der Waals surface area (Å²) in [6.07, 6.45) is 25.4. The van der Waals surface area contributed by atoms with Crippen molar-refractivity contribution in [2.45, 2.75) is 160 Å². The van der Waals surface area contributed by atoms with E-state index < -0.39 is 0 Å². The molecular formula is C77H94. The lowest BCUT2D eigenvalue weighted by atomic mass is 9.77. The van der Waals surface area contributed by atoms with Crippen molar-refractivity contribution in [1.82, 2.24) is 0 Å². The minimum absolute atomic E-state index is 0.840. The van der Waals surface area contributed by atoms with E-state index in [1.165, 1.54) is 133 Å². The highest BCUT2D eigenvalue weighted by atomic mass is 14.4. The Kier molecular flexibility index (Phi) is 25.5. The first-order valence-electron chi connectivity index (χ1n) is 29.4. The van der Waals surface area contributed by atoms with Crippen molar-refractivity contribution in [1.29, 1.82) is 0 Å². The number of unbranched alkanes of at least 4 members (excludes halogenated alkanes) is 1. The Balaban J connectivity index is 0.000000190.